The van der Waals surface area contributed by atoms with Crippen molar-refractivity contribution in [3.8, 4) is 17.2 Å². The van der Waals surface area contributed by atoms with Gasteiger partial charge in [-0.25, -0.2) is 4.98 Å². The zero-order valence-electron chi connectivity index (χ0n) is 13.1. The fourth-order valence-corrected chi connectivity index (χ4v) is 3.68. The van der Waals surface area contributed by atoms with Crippen LogP contribution in [-0.2, 0) is 5.75 Å². The van der Waals surface area contributed by atoms with Crippen molar-refractivity contribution in [1.29, 1.82) is 0 Å². The predicted octanol–water partition coefficient (Wildman–Crippen LogP) is 3.34. The summed E-state index contributed by atoms with van der Waals surface area (Å²) in [6.45, 7) is 0. The van der Waals surface area contributed by atoms with Crippen LogP contribution in [0.2, 0.25) is 0 Å². The molecule has 3 aromatic heterocycles. The topological polar surface area (TPSA) is 93.9 Å². The molecular weight excluding hydrogens is 360 g/mol. The summed E-state index contributed by atoms with van der Waals surface area (Å²) in [5.41, 5.74) is 1.30. The molecule has 0 amide bonds. The van der Waals surface area contributed by atoms with E-state index in [1.54, 1.807) is 7.11 Å². The Kier molecular flexibility index (Phi) is 4.24. The highest BCUT2D eigenvalue weighted by molar-refractivity contribution is 7.98. The van der Waals surface area contributed by atoms with Gasteiger partial charge in [0.15, 0.2) is 0 Å². The second-order valence-corrected chi connectivity index (χ2v) is 6.85. The maximum Gasteiger partial charge on any atom is 0.277 e. The first-order chi connectivity index (χ1) is 12.2. The molecule has 126 valence electrons. The molecule has 7 nitrogen and oxygen atoms in total. The van der Waals surface area contributed by atoms with Crippen molar-refractivity contribution in [1.82, 2.24) is 20.2 Å². The van der Waals surface area contributed by atoms with Crippen LogP contribution in [0.1, 0.15) is 5.82 Å². The molecule has 0 saturated heterocycles. The van der Waals surface area contributed by atoms with E-state index in [2.05, 4.69) is 20.2 Å². The van der Waals surface area contributed by atoms with Gasteiger partial charge in [0, 0.05) is 0 Å². The van der Waals surface area contributed by atoms with Gasteiger partial charge >= 0.3 is 0 Å². The molecule has 25 heavy (non-hydrogen) atoms. The number of nitrogens with one attached hydrogen (secondary N) is 1. The van der Waals surface area contributed by atoms with Crippen LogP contribution in [0.3, 0.4) is 0 Å². The lowest BCUT2D eigenvalue weighted by atomic mass is 10.2. The van der Waals surface area contributed by atoms with E-state index >= 15 is 0 Å². The van der Waals surface area contributed by atoms with Gasteiger partial charge in [0.05, 0.1) is 23.9 Å². The van der Waals surface area contributed by atoms with E-state index in [9.17, 15) is 4.79 Å². The van der Waals surface area contributed by atoms with Crippen LogP contribution in [-0.4, -0.2) is 27.3 Å². The van der Waals surface area contributed by atoms with Gasteiger partial charge < -0.3 is 14.1 Å². The second kappa shape index (κ2) is 6.69. The van der Waals surface area contributed by atoms with Crippen LogP contribution < -0.4 is 10.3 Å². The van der Waals surface area contributed by atoms with Crippen LogP contribution in [0.4, 0.5) is 0 Å². The van der Waals surface area contributed by atoms with Crippen molar-refractivity contribution in [2.24, 2.45) is 0 Å². The number of thiophene rings is 1. The number of hydrogen-bond donors (Lipinski definition) is 1. The predicted molar refractivity (Wildman–Crippen MR) is 96.1 cm³/mol. The standard InChI is InChI=1S/C16H12N4O3S2/c1-22-11-5-3-2-4-9(11)15-19-20-16(23-15)25-8-12-17-10-6-7-24-13(10)14(21)18-12/h2-7H,8H2,1H3,(H,17,18,21). The monoisotopic (exact) mass is 372 g/mol. The van der Waals surface area contributed by atoms with E-state index < -0.39 is 0 Å². The van der Waals surface area contributed by atoms with Gasteiger partial charge in [0.1, 0.15) is 16.3 Å². The highest BCUT2D eigenvalue weighted by Crippen LogP contribution is 2.31. The molecule has 4 aromatic rings. The lowest BCUT2D eigenvalue weighted by Gasteiger charge is -2.03. The summed E-state index contributed by atoms with van der Waals surface area (Å²) in [7, 11) is 1.59. The molecule has 0 aliphatic heterocycles. The summed E-state index contributed by atoms with van der Waals surface area (Å²) in [6, 6.07) is 9.26. The molecule has 1 N–H and O–H groups in total. The van der Waals surface area contributed by atoms with Gasteiger partial charge in [-0.15, -0.1) is 21.5 Å². The zero-order valence-corrected chi connectivity index (χ0v) is 14.7. The number of H-pyrrole nitrogens is 1. The molecule has 0 fully saturated rings. The molecule has 0 saturated carbocycles. The minimum absolute atomic E-state index is 0.129. The number of nitrogens with zero attached hydrogens (tertiary/aromatic N) is 3. The van der Waals surface area contributed by atoms with Gasteiger partial charge in [-0.3, -0.25) is 4.79 Å². The largest absolute Gasteiger partial charge is 0.496 e. The van der Waals surface area contributed by atoms with Crippen molar-refractivity contribution in [2.45, 2.75) is 11.0 Å². The summed E-state index contributed by atoms with van der Waals surface area (Å²) < 4.78 is 11.6. The fraction of sp³-hybridized carbons (Fsp3) is 0.125. The maximum absolute atomic E-state index is 12.0. The number of ether oxygens (including phenoxy) is 1. The molecule has 0 atom stereocenters. The molecule has 0 bridgehead atoms. The zero-order chi connectivity index (χ0) is 17.2. The summed E-state index contributed by atoms with van der Waals surface area (Å²) in [5.74, 6) is 2.04. The van der Waals surface area contributed by atoms with Crippen molar-refractivity contribution in [2.75, 3.05) is 7.11 Å². The molecule has 0 radical (unpaired) electrons. The average Bonchev–Trinajstić information content (AvgIpc) is 3.29. The van der Waals surface area contributed by atoms with Crippen LogP contribution in [0.15, 0.2) is 50.1 Å². The van der Waals surface area contributed by atoms with Gasteiger partial charge in [0.25, 0.3) is 16.7 Å². The lowest BCUT2D eigenvalue weighted by molar-refractivity contribution is 0.411. The van der Waals surface area contributed by atoms with Crippen molar-refractivity contribution in [3.05, 3.63) is 51.9 Å². The number of thioether (sulfide) groups is 1. The number of methoxy groups -OCH3 is 1. The van der Waals surface area contributed by atoms with Gasteiger partial charge in [0.2, 0.25) is 0 Å². The summed E-state index contributed by atoms with van der Waals surface area (Å²) in [6.07, 6.45) is 0. The van der Waals surface area contributed by atoms with Crippen LogP contribution in [0, 0.1) is 0 Å². The Morgan fingerprint density at radius 2 is 2.16 bits per heavy atom. The third-order valence-electron chi connectivity index (χ3n) is 3.44. The van der Waals surface area contributed by atoms with Crippen LogP contribution >= 0.6 is 23.1 Å². The first kappa shape index (κ1) is 15.9. The Bertz CT molecular complexity index is 1090. The maximum atomic E-state index is 12.0. The number of hydrogen-bond acceptors (Lipinski definition) is 8. The minimum Gasteiger partial charge on any atom is -0.496 e. The number of benzene rings is 1. The number of aromatic nitrogens is 4. The summed E-state index contributed by atoms with van der Waals surface area (Å²) in [5, 5.41) is 10.3. The normalized spacial score (nSPS) is 11.1. The van der Waals surface area contributed by atoms with E-state index in [4.69, 9.17) is 9.15 Å². The van der Waals surface area contributed by atoms with E-state index in [0.29, 0.717) is 38.7 Å². The SMILES string of the molecule is COc1ccccc1-c1nnc(SCc2nc3ccsc3c(=O)[nH]2)o1. The molecule has 0 aliphatic carbocycles. The summed E-state index contributed by atoms with van der Waals surface area (Å²) in [4.78, 5) is 19.2. The van der Waals surface area contributed by atoms with Crippen molar-refractivity contribution < 1.29 is 9.15 Å². The van der Waals surface area contributed by atoms with E-state index in [-0.39, 0.29) is 5.56 Å². The molecule has 4 rings (SSSR count). The first-order valence-electron chi connectivity index (χ1n) is 7.30. The third kappa shape index (κ3) is 3.15. The lowest BCUT2D eigenvalue weighted by Crippen LogP contribution is -2.09. The molecule has 0 unspecified atom stereocenters. The average molecular weight is 372 g/mol. The highest BCUT2D eigenvalue weighted by Gasteiger charge is 2.14. The second-order valence-electron chi connectivity index (χ2n) is 5.01. The molecule has 9 heteroatoms. The Hall–Kier alpha value is -2.65. The number of aromatic amines is 1. The highest BCUT2D eigenvalue weighted by atomic mass is 32.2. The quantitative estimate of drug-likeness (QED) is 0.537. The van der Waals surface area contributed by atoms with E-state index in [1.165, 1.54) is 23.1 Å². The van der Waals surface area contributed by atoms with E-state index in [1.807, 2.05) is 35.7 Å². The molecular formula is C16H12N4O3S2. The molecule has 3 heterocycles. The Balaban J connectivity index is 1.54. The Labute approximate surface area is 150 Å². The van der Waals surface area contributed by atoms with Gasteiger partial charge in [-0.05, 0) is 23.6 Å². The fourth-order valence-electron chi connectivity index (χ4n) is 2.32. The Morgan fingerprint density at radius 1 is 1.28 bits per heavy atom. The smallest absolute Gasteiger partial charge is 0.277 e. The van der Waals surface area contributed by atoms with Gasteiger partial charge in [-0.1, -0.05) is 23.9 Å². The number of rotatable bonds is 5. The number of fused-ring (bicyclic) bond motifs is 1. The van der Waals surface area contributed by atoms with Crippen LogP contribution in [0.25, 0.3) is 21.7 Å². The van der Waals surface area contributed by atoms with Gasteiger partial charge in [-0.2, -0.15) is 0 Å². The van der Waals surface area contributed by atoms with E-state index in [0.717, 1.165) is 5.56 Å². The minimum atomic E-state index is -0.129. The molecule has 0 aliphatic rings. The molecule has 1 aromatic carbocycles. The van der Waals surface area contributed by atoms with Crippen LogP contribution in [0.5, 0.6) is 5.75 Å². The number of para-hydroxylation sites is 1. The summed E-state index contributed by atoms with van der Waals surface area (Å²) >= 11 is 2.69. The Morgan fingerprint density at radius 3 is 3.04 bits per heavy atom. The van der Waals surface area contributed by atoms with Crippen molar-refractivity contribution >= 4 is 33.3 Å². The van der Waals surface area contributed by atoms with Crippen molar-refractivity contribution in [3.63, 3.8) is 0 Å². The molecule has 0 spiro atoms. The first-order valence-corrected chi connectivity index (χ1v) is 9.17. The third-order valence-corrected chi connectivity index (χ3v) is 5.17.